The van der Waals surface area contributed by atoms with Gasteiger partial charge < -0.3 is 5.32 Å². The van der Waals surface area contributed by atoms with E-state index >= 15 is 0 Å². The topological polar surface area (TPSA) is 61.8 Å². The molecule has 5 nitrogen and oxygen atoms in total. The number of fused-ring (bicyclic) bond motifs is 2. The second-order valence-corrected chi connectivity index (χ2v) is 9.55. The van der Waals surface area contributed by atoms with E-state index in [4.69, 9.17) is 0 Å². The molecule has 4 rings (SSSR count). The molecule has 0 saturated carbocycles. The summed E-state index contributed by atoms with van der Waals surface area (Å²) >= 11 is 0. The summed E-state index contributed by atoms with van der Waals surface area (Å²) in [7, 11) is -0.618. The quantitative estimate of drug-likeness (QED) is 0.636. The number of aryl methyl sites for hydroxylation is 2. The summed E-state index contributed by atoms with van der Waals surface area (Å²) in [5.74, 6) is 0. The summed E-state index contributed by atoms with van der Waals surface area (Å²) in [6.45, 7) is 0.0572. The predicted octanol–water partition coefficient (Wildman–Crippen LogP) is 4.62. The first-order valence-corrected chi connectivity index (χ1v) is 11.8. The average Bonchev–Trinajstić information content (AvgIpc) is 3.36. The third-order valence-electron chi connectivity index (χ3n) is 5.95. The minimum atomic E-state index is -2.39. The highest BCUT2D eigenvalue weighted by Crippen LogP contribution is 2.38. The van der Waals surface area contributed by atoms with Crippen molar-refractivity contribution in [3.05, 3.63) is 58.1 Å². The number of urea groups is 1. The number of amides is 2. The molecule has 0 saturated heterocycles. The number of carbonyl (C=O) groups is 1. The Morgan fingerprint density at radius 2 is 1.71 bits per heavy atom. The maximum absolute atomic E-state index is 12.6. The van der Waals surface area contributed by atoms with Crippen molar-refractivity contribution in [1.29, 1.82) is 0 Å². The van der Waals surface area contributed by atoms with Gasteiger partial charge in [0.05, 0.1) is 17.1 Å². The van der Waals surface area contributed by atoms with Crippen LogP contribution in [0.15, 0.2) is 39.6 Å². The smallest absolute Gasteiger partial charge is 0.305 e. The van der Waals surface area contributed by atoms with Gasteiger partial charge in [-0.3, -0.25) is 4.90 Å². The van der Waals surface area contributed by atoms with Crippen molar-refractivity contribution in [2.24, 2.45) is 4.36 Å². The molecule has 0 bridgehead atoms. The van der Waals surface area contributed by atoms with Crippen molar-refractivity contribution >= 4 is 22.3 Å². The van der Waals surface area contributed by atoms with Crippen LogP contribution in [0.2, 0.25) is 0 Å². The van der Waals surface area contributed by atoms with Crippen LogP contribution in [-0.2, 0) is 42.8 Å². The largest absolute Gasteiger partial charge is 0.353 e. The maximum Gasteiger partial charge on any atom is 0.353 e. The summed E-state index contributed by atoms with van der Waals surface area (Å²) < 4.78 is 41.4. The zero-order valence-corrected chi connectivity index (χ0v) is 18.4. The molecule has 1 unspecified atom stereocenters. The van der Waals surface area contributed by atoms with Gasteiger partial charge in [-0.05, 0) is 85.5 Å². The lowest BCUT2D eigenvalue weighted by molar-refractivity contribution is 0.0975. The van der Waals surface area contributed by atoms with E-state index in [9.17, 15) is 17.8 Å². The van der Waals surface area contributed by atoms with E-state index in [0.717, 1.165) is 49.8 Å². The molecule has 2 aliphatic carbocycles. The lowest BCUT2D eigenvalue weighted by atomic mass is 9.99. The van der Waals surface area contributed by atoms with Crippen LogP contribution >= 0.6 is 0 Å². The number of benzene rings is 2. The number of anilines is 1. The number of nitrogens with zero attached hydrogens (tertiary/aromatic N) is 2. The van der Waals surface area contributed by atoms with Crippen LogP contribution in [-0.4, -0.2) is 35.2 Å². The molecule has 0 heterocycles. The van der Waals surface area contributed by atoms with Crippen LogP contribution in [0.25, 0.3) is 0 Å². The second-order valence-electron chi connectivity index (χ2n) is 8.29. The van der Waals surface area contributed by atoms with Crippen molar-refractivity contribution in [1.82, 2.24) is 4.90 Å². The van der Waals surface area contributed by atoms with E-state index < -0.39 is 23.1 Å². The monoisotopic (exact) mass is 447 g/mol. The van der Waals surface area contributed by atoms with Gasteiger partial charge in [-0.1, -0.05) is 18.2 Å². The average molecular weight is 448 g/mol. The van der Waals surface area contributed by atoms with E-state index in [1.165, 1.54) is 27.2 Å². The summed E-state index contributed by atoms with van der Waals surface area (Å²) in [6.07, 6.45) is 3.77. The molecule has 166 valence electrons. The van der Waals surface area contributed by atoms with Gasteiger partial charge in [-0.15, -0.1) is 4.36 Å². The Morgan fingerprint density at radius 1 is 1.10 bits per heavy atom. The summed E-state index contributed by atoms with van der Waals surface area (Å²) in [4.78, 5) is 14.5. The third-order valence-corrected chi connectivity index (χ3v) is 7.05. The highest BCUT2D eigenvalue weighted by molar-refractivity contribution is 7.75. The third kappa shape index (κ3) is 5.13. The van der Waals surface area contributed by atoms with Crippen molar-refractivity contribution in [2.45, 2.75) is 56.4 Å². The van der Waals surface area contributed by atoms with E-state index in [-0.39, 0.29) is 6.54 Å². The first-order valence-electron chi connectivity index (χ1n) is 10.6. The minimum Gasteiger partial charge on any atom is -0.305 e. The number of thiol groups is 1. The predicted molar refractivity (Wildman–Crippen MR) is 119 cm³/mol. The van der Waals surface area contributed by atoms with Crippen LogP contribution in [0.5, 0.6) is 0 Å². The molecule has 0 spiro atoms. The van der Waals surface area contributed by atoms with Crippen LogP contribution in [0.1, 0.15) is 40.7 Å². The fourth-order valence-corrected chi connectivity index (χ4v) is 5.31. The van der Waals surface area contributed by atoms with Crippen molar-refractivity contribution in [2.75, 3.05) is 18.9 Å². The minimum absolute atomic E-state index is 0.307. The van der Waals surface area contributed by atoms with E-state index in [0.29, 0.717) is 11.4 Å². The Kier molecular flexibility index (Phi) is 6.67. The Hall–Kier alpha value is -2.32. The number of halogens is 2. The van der Waals surface area contributed by atoms with Crippen LogP contribution in [0, 0.1) is 0 Å². The Morgan fingerprint density at radius 3 is 2.29 bits per heavy atom. The van der Waals surface area contributed by atoms with Gasteiger partial charge in [0, 0.05) is 17.1 Å². The zero-order valence-electron chi connectivity index (χ0n) is 17.5. The fraction of sp³-hybridized carbons (Fsp3) is 0.435. The zero-order chi connectivity index (χ0) is 22.0. The number of hydrogen-bond acceptors (Lipinski definition) is 3. The van der Waals surface area contributed by atoms with Gasteiger partial charge in [-0.25, -0.2) is 17.8 Å². The molecule has 0 aromatic heterocycles. The molecule has 2 aromatic carbocycles. The lowest BCUT2D eigenvalue weighted by Crippen LogP contribution is -2.24. The lowest BCUT2D eigenvalue weighted by Gasteiger charge is -2.15. The molecule has 31 heavy (non-hydrogen) atoms. The van der Waals surface area contributed by atoms with Gasteiger partial charge in [0.2, 0.25) is 0 Å². The van der Waals surface area contributed by atoms with Gasteiger partial charge in [0.25, 0.3) is 6.43 Å². The number of hydrogen-bond donors (Lipinski definition) is 2. The maximum atomic E-state index is 12.6. The second kappa shape index (κ2) is 9.44. The van der Waals surface area contributed by atoms with Gasteiger partial charge in [0.1, 0.15) is 0 Å². The molecule has 0 fully saturated rings. The van der Waals surface area contributed by atoms with Crippen molar-refractivity contribution < 1.29 is 17.8 Å². The van der Waals surface area contributed by atoms with Crippen LogP contribution < -0.4 is 5.32 Å². The Balaban J connectivity index is 1.46. The van der Waals surface area contributed by atoms with Gasteiger partial charge in [0.15, 0.2) is 0 Å². The molecular formula is C23H27F2N3O2S. The molecule has 2 aliphatic rings. The summed E-state index contributed by atoms with van der Waals surface area (Å²) in [5, 5.41) is 2.93. The number of nitrogens with one attached hydrogen (secondary N) is 1. The molecule has 2 aromatic rings. The molecule has 1 N–H and O–H groups in total. The number of rotatable bonds is 6. The molecule has 8 heteroatoms. The summed E-state index contributed by atoms with van der Waals surface area (Å²) in [5.41, 5.74) is 6.75. The molecular weight excluding hydrogens is 420 g/mol. The molecule has 2 amide bonds. The van der Waals surface area contributed by atoms with Crippen LogP contribution in [0.3, 0.4) is 0 Å². The van der Waals surface area contributed by atoms with Crippen LogP contribution in [0.4, 0.5) is 19.3 Å². The van der Waals surface area contributed by atoms with Gasteiger partial charge in [-0.2, -0.15) is 0 Å². The van der Waals surface area contributed by atoms with E-state index in [1.807, 2.05) is 0 Å². The molecule has 1 atom stereocenters. The first-order chi connectivity index (χ1) is 14.9. The number of alkyl halides is 2. The highest BCUT2D eigenvalue weighted by Gasteiger charge is 2.24. The first kappa shape index (κ1) is 21.9. The van der Waals surface area contributed by atoms with E-state index in [1.54, 1.807) is 31.3 Å². The van der Waals surface area contributed by atoms with E-state index in [2.05, 4.69) is 15.7 Å². The Labute approximate surface area is 183 Å². The van der Waals surface area contributed by atoms with Crippen molar-refractivity contribution in [3.8, 4) is 0 Å². The Bertz CT molecular complexity index is 1030. The SMILES string of the molecule is CN(Cc1ccc(/[SH](=O)=N/C(=O)Nc2c3c(cc4c2CCC4)CCC3)cc1)CC(F)F. The molecule has 0 radical (unpaired) electrons. The normalized spacial score (nSPS) is 16.0. The summed E-state index contributed by atoms with van der Waals surface area (Å²) in [6, 6.07) is 8.44. The number of carbonyl (C=O) groups excluding carboxylic acids is 1. The van der Waals surface area contributed by atoms with Gasteiger partial charge >= 0.3 is 6.03 Å². The fourth-order valence-electron chi connectivity index (χ4n) is 4.58. The standard InChI is InChI=1S/C23H27F2N3O2S/c1-28(14-21(24)25)13-15-8-10-18(11-9-15)31(30)27-23(29)26-22-19-6-2-4-16(19)12-17-5-3-7-20(17)22/h8-12,21,31H,2-7,13-14H2,1H3,(H,26,29). The highest BCUT2D eigenvalue weighted by atomic mass is 32.2. The molecule has 0 aliphatic heterocycles. The van der Waals surface area contributed by atoms with Crippen molar-refractivity contribution in [3.63, 3.8) is 0 Å².